The molecule has 130 valence electrons. The van der Waals surface area contributed by atoms with Crippen LogP contribution < -0.4 is 5.32 Å². The first-order valence-electron chi connectivity index (χ1n) is 7.88. The maximum atomic E-state index is 10.1. The number of rotatable bonds is 8. The lowest BCUT2D eigenvalue weighted by atomic mass is 10.2. The van der Waals surface area contributed by atoms with Gasteiger partial charge in [0.05, 0.1) is 12.7 Å². The molecule has 6 heteroatoms. The average Bonchev–Trinajstić information content (AvgIpc) is 2.58. The summed E-state index contributed by atoms with van der Waals surface area (Å²) < 4.78 is 5.49. The molecule has 0 amide bonds. The van der Waals surface area contributed by atoms with Gasteiger partial charge in [0.2, 0.25) is 0 Å². The minimum Gasteiger partial charge on any atom is -0.372 e. The zero-order valence-corrected chi connectivity index (χ0v) is 14.7. The summed E-state index contributed by atoms with van der Waals surface area (Å²) in [5.74, 6) is 0.703. The number of nitroso groups, excluding NO2 is 1. The topological polar surface area (TPSA) is 63.1 Å². The fraction of sp³-hybridized carbons (Fsp3) is 0.389. The first kappa shape index (κ1) is 20.1. The van der Waals surface area contributed by atoms with E-state index in [1.165, 1.54) is 0 Å². The van der Waals surface area contributed by atoms with Gasteiger partial charge in [-0.1, -0.05) is 47.2 Å². The van der Waals surface area contributed by atoms with Gasteiger partial charge in [-0.25, -0.2) is 4.99 Å². The molecule has 0 saturated carbocycles. The molecule has 0 aromatic rings. The summed E-state index contributed by atoms with van der Waals surface area (Å²) in [4.78, 5) is 14.4. The predicted molar refractivity (Wildman–Crippen MR) is 101 cm³/mol. The Morgan fingerprint density at radius 3 is 3.17 bits per heavy atom. The summed E-state index contributed by atoms with van der Waals surface area (Å²) in [6.07, 6.45) is 15.4. The fourth-order valence-corrected chi connectivity index (χ4v) is 2.04. The van der Waals surface area contributed by atoms with E-state index in [9.17, 15) is 4.91 Å². The second kappa shape index (κ2) is 12.4. The highest BCUT2D eigenvalue weighted by molar-refractivity contribution is 6.29. The summed E-state index contributed by atoms with van der Waals surface area (Å²) in [7, 11) is 0. The molecule has 0 aromatic heterocycles. The highest BCUT2D eigenvalue weighted by atomic mass is 35.5. The number of nitrogens with one attached hydrogen (secondary N) is 1. The second-order valence-electron chi connectivity index (χ2n) is 5.16. The maximum Gasteiger partial charge on any atom is 0.130 e. The normalized spacial score (nSPS) is 20.3. The third-order valence-corrected chi connectivity index (χ3v) is 3.44. The Kier molecular flexibility index (Phi) is 10.4. The van der Waals surface area contributed by atoms with Crippen LogP contribution in [0.1, 0.15) is 26.2 Å². The van der Waals surface area contributed by atoms with Gasteiger partial charge in [0, 0.05) is 16.9 Å². The summed E-state index contributed by atoms with van der Waals surface area (Å²) in [5, 5.41) is 6.72. The molecule has 1 atom stereocenters. The van der Waals surface area contributed by atoms with Gasteiger partial charge in [-0.2, -0.15) is 4.91 Å². The zero-order valence-electron chi connectivity index (χ0n) is 14.0. The molecule has 1 N–H and O–H groups in total. The quantitative estimate of drug-likeness (QED) is 0.396. The molecule has 1 unspecified atom stereocenters. The predicted octanol–water partition coefficient (Wildman–Crippen LogP) is 4.59. The number of nitrogens with zero attached hydrogens (tertiary/aromatic N) is 2. The van der Waals surface area contributed by atoms with Gasteiger partial charge in [0.1, 0.15) is 12.4 Å². The highest BCUT2D eigenvalue weighted by Gasteiger charge is 2.03. The van der Waals surface area contributed by atoms with Gasteiger partial charge in [-0.05, 0) is 32.3 Å². The van der Waals surface area contributed by atoms with Crippen molar-refractivity contribution < 1.29 is 4.74 Å². The molecule has 1 aliphatic heterocycles. The monoisotopic (exact) mass is 349 g/mol. The number of allylic oxidation sites excluding steroid dienone is 5. The third-order valence-electron chi connectivity index (χ3n) is 3.15. The Balaban J connectivity index is 2.63. The second-order valence-corrected chi connectivity index (χ2v) is 5.65. The van der Waals surface area contributed by atoms with E-state index in [4.69, 9.17) is 16.3 Å². The molecule has 0 bridgehead atoms. The summed E-state index contributed by atoms with van der Waals surface area (Å²) >= 11 is 6.10. The lowest BCUT2D eigenvalue weighted by molar-refractivity contribution is 0.0937. The molecular formula is C18H24ClN3O2. The van der Waals surface area contributed by atoms with Crippen molar-refractivity contribution in [3.05, 3.63) is 64.9 Å². The maximum absolute atomic E-state index is 10.1. The van der Waals surface area contributed by atoms with E-state index in [0.29, 0.717) is 18.9 Å². The van der Waals surface area contributed by atoms with Crippen molar-refractivity contribution in [1.29, 1.82) is 0 Å². The molecule has 0 aliphatic carbocycles. The van der Waals surface area contributed by atoms with Crippen LogP contribution in [0.3, 0.4) is 0 Å². The minimum atomic E-state index is -0.151. The number of amidine groups is 1. The Labute approximate surface area is 148 Å². The van der Waals surface area contributed by atoms with Crippen molar-refractivity contribution in [3.63, 3.8) is 0 Å². The Morgan fingerprint density at radius 1 is 1.58 bits per heavy atom. The number of hydrogen-bond donors (Lipinski definition) is 1. The molecule has 1 heterocycles. The van der Waals surface area contributed by atoms with E-state index in [1.807, 2.05) is 31.2 Å². The van der Waals surface area contributed by atoms with Gasteiger partial charge in [0.15, 0.2) is 0 Å². The number of hydrogen-bond acceptors (Lipinski definition) is 5. The molecule has 0 fully saturated rings. The smallest absolute Gasteiger partial charge is 0.130 e. The number of halogens is 1. The van der Waals surface area contributed by atoms with Crippen molar-refractivity contribution >= 4 is 17.4 Å². The van der Waals surface area contributed by atoms with Crippen LogP contribution in [0.25, 0.3) is 0 Å². The standard InChI is InChI=1S/C18H24ClN3O2/c1-3-17(24-13-12-21-23)11-10-15(2)22-18-9-7-5-4-6-8-16(19)14-20-18/h3-5,7,9-10,14,17H,1,6,8,11-13H2,2H3,(H,20,22)/b5-4+,9-7?,15-10+,16-14-. The minimum absolute atomic E-state index is 0.146. The third kappa shape index (κ3) is 9.22. The van der Waals surface area contributed by atoms with Crippen LogP contribution in [-0.4, -0.2) is 25.1 Å². The molecule has 1 aliphatic rings. The zero-order chi connectivity index (χ0) is 17.6. The van der Waals surface area contributed by atoms with Crippen molar-refractivity contribution in [3.8, 4) is 0 Å². The van der Waals surface area contributed by atoms with Gasteiger partial charge in [0.25, 0.3) is 0 Å². The molecular weight excluding hydrogens is 326 g/mol. The Morgan fingerprint density at radius 2 is 2.42 bits per heavy atom. The first-order chi connectivity index (χ1) is 11.7. The van der Waals surface area contributed by atoms with Crippen LogP contribution in [0.5, 0.6) is 0 Å². The van der Waals surface area contributed by atoms with Crippen molar-refractivity contribution in [1.82, 2.24) is 5.32 Å². The first-order valence-corrected chi connectivity index (χ1v) is 8.26. The Bertz CT molecular complexity index is 563. The fourth-order valence-electron chi connectivity index (χ4n) is 1.88. The van der Waals surface area contributed by atoms with Gasteiger partial charge >= 0.3 is 0 Å². The average molecular weight is 350 g/mol. The van der Waals surface area contributed by atoms with E-state index in [2.05, 4.69) is 28.1 Å². The largest absolute Gasteiger partial charge is 0.372 e. The highest BCUT2D eigenvalue weighted by Crippen LogP contribution is 2.11. The molecule has 0 saturated heterocycles. The summed E-state index contributed by atoms with van der Waals surface area (Å²) in [6.45, 7) is 6.13. The molecule has 24 heavy (non-hydrogen) atoms. The molecule has 0 aromatic carbocycles. The van der Waals surface area contributed by atoms with Gasteiger partial charge < -0.3 is 10.1 Å². The van der Waals surface area contributed by atoms with Crippen LogP contribution in [0.15, 0.2) is 70.1 Å². The number of ether oxygens (including phenoxy) is 1. The van der Waals surface area contributed by atoms with E-state index in [0.717, 1.165) is 23.6 Å². The van der Waals surface area contributed by atoms with Gasteiger partial charge in [-0.15, -0.1) is 6.58 Å². The molecule has 0 spiro atoms. The van der Waals surface area contributed by atoms with Crippen LogP contribution in [0.4, 0.5) is 0 Å². The number of aliphatic imine (C=N–C) groups is 1. The van der Waals surface area contributed by atoms with Crippen LogP contribution >= 0.6 is 11.6 Å². The molecule has 0 radical (unpaired) electrons. The van der Waals surface area contributed by atoms with Crippen molar-refractivity contribution in [2.24, 2.45) is 10.2 Å². The van der Waals surface area contributed by atoms with E-state index < -0.39 is 0 Å². The SMILES string of the molecule is C=CC(C/C=C(\C)NC1=N/C=C(\Cl)CC/C=C/C=C1)OCCN=O. The van der Waals surface area contributed by atoms with Crippen LogP contribution in [-0.2, 0) is 4.74 Å². The van der Waals surface area contributed by atoms with Crippen molar-refractivity contribution in [2.75, 3.05) is 13.2 Å². The summed E-state index contributed by atoms with van der Waals surface area (Å²) in [5.41, 5.74) is 0.938. The molecule has 5 nitrogen and oxygen atoms in total. The lowest BCUT2D eigenvalue weighted by Crippen LogP contribution is -2.20. The van der Waals surface area contributed by atoms with E-state index in [1.54, 1.807) is 12.3 Å². The van der Waals surface area contributed by atoms with Crippen LogP contribution in [0, 0.1) is 4.91 Å². The summed E-state index contributed by atoms with van der Waals surface area (Å²) in [6, 6.07) is 0. The Hall–Kier alpha value is -1.98. The lowest BCUT2D eigenvalue weighted by Gasteiger charge is -2.12. The van der Waals surface area contributed by atoms with E-state index >= 15 is 0 Å². The van der Waals surface area contributed by atoms with Crippen LogP contribution in [0.2, 0.25) is 0 Å². The van der Waals surface area contributed by atoms with E-state index in [-0.39, 0.29) is 12.6 Å². The van der Waals surface area contributed by atoms with Crippen molar-refractivity contribution in [2.45, 2.75) is 32.3 Å². The molecule has 1 rings (SSSR count). The van der Waals surface area contributed by atoms with Gasteiger partial charge in [-0.3, -0.25) is 0 Å².